The number of hydrogen-bond acceptors (Lipinski definition) is 2. The van der Waals surface area contributed by atoms with Gasteiger partial charge in [0.25, 0.3) is 0 Å². The summed E-state index contributed by atoms with van der Waals surface area (Å²) >= 11 is 0. The average Bonchev–Trinajstić information content (AvgIpc) is 2.53. The molecule has 0 amide bonds. The van der Waals surface area contributed by atoms with Crippen molar-refractivity contribution in [3.8, 4) is 0 Å². The Labute approximate surface area is 108 Å². The number of likely N-dealkylation sites (N-methyl/N-ethyl adjacent to an activating group) is 1. The van der Waals surface area contributed by atoms with Gasteiger partial charge >= 0.3 is 0 Å². The molecule has 2 unspecified atom stereocenters. The van der Waals surface area contributed by atoms with E-state index < -0.39 is 0 Å². The van der Waals surface area contributed by atoms with E-state index in [9.17, 15) is 0 Å². The molecule has 1 fully saturated rings. The Morgan fingerprint density at radius 1 is 1.18 bits per heavy atom. The Bertz CT molecular complexity index is 191. The highest BCUT2D eigenvalue weighted by atomic mass is 15.2. The van der Waals surface area contributed by atoms with Crippen LogP contribution < -0.4 is 5.32 Å². The maximum Gasteiger partial charge on any atom is 0.0217 e. The fourth-order valence-corrected chi connectivity index (χ4v) is 2.97. The van der Waals surface area contributed by atoms with Crippen molar-refractivity contribution in [2.45, 2.75) is 71.9 Å². The van der Waals surface area contributed by atoms with Gasteiger partial charge in [-0.15, -0.1) is 0 Å². The summed E-state index contributed by atoms with van der Waals surface area (Å²) in [6.45, 7) is 12.9. The third kappa shape index (κ3) is 4.97. The minimum atomic E-state index is 0.659. The van der Waals surface area contributed by atoms with Crippen LogP contribution in [0, 0.1) is 5.92 Å². The van der Waals surface area contributed by atoms with Crippen molar-refractivity contribution in [3.63, 3.8) is 0 Å². The molecule has 0 bridgehead atoms. The van der Waals surface area contributed by atoms with Gasteiger partial charge in [-0.1, -0.05) is 40.5 Å². The van der Waals surface area contributed by atoms with Gasteiger partial charge in [0.05, 0.1) is 0 Å². The van der Waals surface area contributed by atoms with E-state index in [0.29, 0.717) is 6.04 Å². The lowest BCUT2D eigenvalue weighted by Gasteiger charge is -2.34. The predicted octanol–water partition coefficient (Wildman–Crippen LogP) is 3.28. The van der Waals surface area contributed by atoms with Crippen molar-refractivity contribution >= 4 is 0 Å². The van der Waals surface area contributed by atoms with Crippen molar-refractivity contribution in [1.29, 1.82) is 0 Å². The van der Waals surface area contributed by atoms with Gasteiger partial charge in [0.15, 0.2) is 0 Å². The van der Waals surface area contributed by atoms with Gasteiger partial charge in [-0.25, -0.2) is 0 Å². The van der Waals surface area contributed by atoms with E-state index in [1.165, 1.54) is 45.2 Å². The Kier molecular flexibility index (Phi) is 7.14. The lowest BCUT2D eigenvalue weighted by Crippen LogP contribution is -2.47. The van der Waals surface area contributed by atoms with Gasteiger partial charge in [-0.3, -0.25) is 4.90 Å². The molecule has 17 heavy (non-hydrogen) atoms. The first-order valence-corrected chi connectivity index (χ1v) is 7.66. The predicted molar refractivity (Wildman–Crippen MR) is 76.4 cm³/mol. The zero-order valence-corrected chi connectivity index (χ0v) is 12.3. The zero-order valence-electron chi connectivity index (χ0n) is 12.3. The maximum atomic E-state index is 3.65. The van der Waals surface area contributed by atoms with Gasteiger partial charge in [0.2, 0.25) is 0 Å². The molecule has 1 N–H and O–H groups in total. The summed E-state index contributed by atoms with van der Waals surface area (Å²) in [6, 6.07) is 1.49. The summed E-state index contributed by atoms with van der Waals surface area (Å²) < 4.78 is 0. The van der Waals surface area contributed by atoms with Crippen LogP contribution in [0.5, 0.6) is 0 Å². The lowest BCUT2D eigenvalue weighted by atomic mass is 10.0. The van der Waals surface area contributed by atoms with Crippen LogP contribution in [-0.2, 0) is 0 Å². The first-order valence-electron chi connectivity index (χ1n) is 7.66. The lowest BCUT2D eigenvalue weighted by molar-refractivity contribution is 0.160. The Balaban J connectivity index is 2.54. The number of nitrogens with zero attached hydrogens (tertiary/aromatic N) is 1. The van der Waals surface area contributed by atoms with Crippen LogP contribution in [0.3, 0.4) is 0 Å². The molecule has 0 saturated carbocycles. The highest BCUT2D eigenvalue weighted by Gasteiger charge is 2.23. The molecule has 1 aliphatic rings. The highest BCUT2D eigenvalue weighted by molar-refractivity contribution is 4.80. The van der Waals surface area contributed by atoms with Gasteiger partial charge in [-0.2, -0.15) is 0 Å². The van der Waals surface area contributed by atoms with E-state index in [0.717, 1.165) is 18.5 Å². The quantitative estimate of drug-likeness (QED) is 0.766. The first kappa shape index (κ1) is 15.0. The fraction of sp³-hybridized carbons (Fsp3) is 1.00. The van der Waals surface area contributed by atoms with E-state index in [2.05, 4.69) is 37.9 Å². The van der Waals surface area contributed by atoms with Crippen molar-refractivity contribution in [3.05, 3.63) is 0 Å². The second-order valence-corrected chi connectivity index (χ2v) is 5.81. The molecule has 0 aliphatic carbocycles. The highest BCUT2D eigenvalue weighted by Crippen LogP contribution is 2.20. The maximum absolute atomic E-state index is 3.65. The van der Waals surface area contributed by atoms with Crippen molar-refractivity contribution < 1.29 is 0 Å². The van der Waals surface area contributed by atoms with Gasteiger partial charge in [0.1, 0.15) is 0 Å². The summed E-state index contributed by atoms with van der Waals surface area (Å²) in [5, 5.41) is 3.65. The minimum absolute atomic E-state index is 0.659. The molecule has 2 nitrogen and oxygen atoms in total. The van der Waals surface area contributed by atoms with Crippen LogP contribution in [0.4, 0.5) is 0 Å². The molecule has 1 saturated heterocycles. The normalized spacial score (nSPS) is 24.9. The molecule has 1 aliphatic heterocycles. The smallest absolute Gasteiger partial charge is 0.0217 e. The molecule has 0 aromatic heterocycles. The number of hydrogen-bond donors (Lipinski definition) is 1. The summed E-state index contributed by atoms with van der Waals surface area (Å²) in [5.41, 5.74) is 0. The SMILES string of the molecule is CCNC(CN1CCCCCC1CC)C(C)C. The largest absolute Gasteiger partial charge is 0.313 e. The number of nitrogens with one attached hydrogen (secondary N) is 1. The molecule has 1 heterocycles. The molecular weight excluding hydrogens is 208 g/mol. The van der Waals surface area contributed by atoms with E-state index in [1.807, 2.05) is 0 Å². The van der Waals surface area contributed by atoms with Crippen molar-refractivity contribution in [1.82, 2.24) is 10.2 Å². The van der Waals surface area contributed by atoms with Gasteiger partial charge < -0.3 is 5.32 Å². The Hall–Kier alpha value is -0.0800. The minimum Gasteiger partial charge on any atom is -0.313 e. The van der Waals surface area contributed by atoms with E-state index in [1.54, 1.807) is 0 Å². The summed E-state index contributed by atoms with van der Waals surface area (Å²) in [5.74, 6) is 0.732. The van der Waals surface area contributed by atoms with Gasteiger partial charge in [-0.05, 0) is 38.3 Å². The summed E-state index contributed by atoms with van der Waals surface area (Å²) in [6.07, 6.45) is 6.99. The summed E-state index contributed by atoms with van der Waals surface area (Å²) in [4.78, 5) is 2.75. The fourth-order valence-electron chi connectivity index (χ4n) is 2.97. The number of likely N-dealkylation sites (tertiary alicyclic amines) is 1. The molecule has 1 rings (SSSR count). The average molecular weight is 240 g/mol. The van der Waals surface area contributed by atoms with Crippen LogP contribution >= 0.6 is 0 Å². The third-order valence-electron chi connectivity index (χ3n) is 4.17. The number of rotatable bonds is 6. The van der Waals surface area contributed by atoms with E-state index in [-0.39, 0.29) is 0 Å². The first-order chi connectivity index (χ1) is 8.19. The molecule has 2 atom stereocenters. The van der Waals surface area contributed by atoms with Gasteiger partial charge in [0, 0.05) is 18.6 Å². The Morgan fingerprint density at radius 2 is 1.94 bits per heavy atom. The molecule has 0 spiro atoms. The van der Waals surface area contributed by atoms with E-state index in [4.69, 9.17) is 0 Å². The van der Waals surface area contributed by atoms with Crippen molar-refractivity contribution in [2.24, 2.45) is 5.92 Å². The Morgan fingerprint density at radius 3 is 2.53 bits per heavy atom. The monoisotopic (exact) mass is 240 g/mol. The second kappa shape index (κ2) is 8.10. The standard InChI is InChI=1S/C15H32N2/c1-5-14-10-8-7-9-11-17(14)12-15(13(3)4)16-6-2/h13-16H,5-12H2,1-4H3. The molecular formula is C15H32N2. The van der Waals surface area contributed by atoms with Crippen LogP contribution in [0.15, 0.2) is 0 Å². The van der Waals surface area contributed by atoms with Crippen molar-refractivity contribution in [2.75, 3.05) is 19.6 Å². The van der Waals surface area contributed by atoms with Crippen LogP contribution in [0.2, 0.25) is 0 Å². The molecule has 0 aromatic carbocycles. The topological polar surface area (TPSA) is 15.3 Å². The van der Waals surface area contributed by atoms with E-state index >= 15 is 0 Å². The second-order valence-electron chi connectivity index (χ2n) is 5.81. The van der Waals surface area contributed by atoms with Crippen LogP contribution in [0.1, 0.15) is 59.8 Å². The molecule has 2 heteroatoms. The van der Waals surface area contributed by atoms with Crippen LogP contribution in [0.25, 0.3) is 0 Å². The zero-order chi connectivity index (χ0) is 12.7. The molecule has 0 aromatic rings. The molecule has 102 valence electrons. The third-order valence-corrected chi connectivity index (χ3v) is 4.17. The summed E-state index contributed by atoms with van der Waals surface area (Å²) in [7, 11) is 0. The molecule has 0 radical (unpaired) electrons. The van der Waals surface area contributed by atoms with Crippen LogP contribution in [-0.4, -0.2) is 36.6 Å².